The molecule has 1 aliphatic heterocycles. The lowest BCUT2D eigenvalue weighted by molar-refractivity contribution is -0.139. The topological polar surface area (TPSA) is 25.2 Å². The molecule has 0 bridgehead atoms. The Morgan fingerprint density at radius 1 is 1.17 bits per heavy atom. The third-order valence-corrected chi connectivity index (χ3v) is 6.48. The number of aromatic nitrogens is 1. The number of hydrogen-bond acceptors (Lipinski definition) is 1. The van der Waals surface area contributed by atoms with E-state index in [2.05, 4.69) is 42.0 Å². The standard InChI is InChI=1S/C20H22N2O/c1-21-15-9-4-3-7-13(15)17-14-8-5-6-11-20(14)12-10-16(23)22(2)19(20)18(17)21/h3-4,7-9,19H,5-6,10-12H2,1-2H3/t19-,20+/m0/s1. The summed E-state index contributed by atoms with van der Waals surface area (Å²) in [6, 6.07) is 8.90. The van der Waals surface area contributed by atoms with Crippen LogP contribution in [0.5, 0.6) is 0 Å². The predicted octanol–water partition coefficient (Wildman–Crippen LogP) is 4.04. The summed E-state index contributed by atoms with van der Waals surface area (Å²) in [5, 5.41) is 1.35. The van der Waals surface area contributed by atoms with Gasteiger partial charge in [-0.2, -0.15) is 0 Å². The largest absolute Gasteiger partial charge is 0.345 e. The maximum atomic E-state index is 12.4. The highest BCUT2D eigenvalue weighted by atomic mass is 16.2. The van der Waals surface area contributed by atoms with Crippen LogP contribution in [-0.4, -0.2) is 22.4 Å². The van der Waals surface area contributed by atoms with E-state index in [1.165, 1.54) is 47.0 Å². The molecule has 2 aromatic rings. The highest BCUT2D eigenvalue weighted by molar-refractivity contribution is 6.00. The first kappa shape index (κ1) is 13.4. The second-order valence-electron chi connectivity index (χ2n) is 7.41. The van der Waals surface area contributed by atoms with Crippen molar-refractivity contribution < 1.29 is 4.79 Å². The first-order valence-electron chi connectivity index (χ1n) is 8.69. The zero-order valence-electron chi connectivity index (χ0n) is 13.8. The second-order valence-corrected chi connectivity index (χ2v) is 7.41. The third-order valence-electron chi connectivity index (χ3n) is 6.48. The molecule has 2 aliphatic carbocycles. The maximum Gasteiger partial charge on any atom is 0.222 e. The normalized spacial score (nSPS) is 29.3. The number of aryl methyl sites for hydroxylation is 1. The fourth-order valence-corrected chi connectivity index (χ4v) is 5.52. The van der Waals surface area contributed by atoms with Crippen molar-refractivity contribution in [2.45, 2.75) is 38.1 Å². The van der Waals surface area contributed by atoms with Gasteiger partial charge in [0.05, 0.1) is 6.04 Å². The average Bonchev–Trinajstić information content (AvgIpc) is 3.03. The summed E-state index contributed by atoms with van der Waals surface area (Å²) < 4.78 is 2.34. The number of amides is 1. The monoisotopic (exact) mass is 306 g/mol. The molecule has 1 fully saturated rings. The van der Waals surface area contributed by atoms with E-state index >= 15 is 0 Å². The summed E-state index contributed by atoms with van der Waals surface area (Å²) in [4.78, 5) is 14.5. The van der Waals surface area contributed by atoms with E-state index in [1.54, 1.807) is 0 Å². The van der Waals surface area contributed by atoms with Gasteiger partial charge in [0.1, 0.15) is 0 Å². The molecule has 1 aromatic carbocycles. The van der Waals surface area contributed by atoms with Crippen molar-refractivity contribution in [3.05, 3.63) is 41.6 Å². The maximum absolute atomic E-state index is 12.4. The Labute approximate surface area is 136 Å². The molecule has 0 N–H and O–H groups in total. The lowest BCUT2D eigenvalue weighted by Crippen LogP contribution is -2.46. The lowest BCUT2D eigenvalue weighted by atomic mass is 9.65. The summed E-state index contributed by atoms with van der Waals surface area (Å²) in [7, 11) is 4.17. The average molecular weight is 306 g/mol. The molecule has 3 aliphatic rings. The van der Waals surface area contributed by atoms with Crippen LogP contribution in [0.15, 0.2) is 30.3 Å². The quantitative estimate of drug-likeness (QED) is 0.721. The fourth-order valence-electron chi connectivity index (χ4n) is 5.52. The highest BCUT2D eigenvalue weighted by Crippen LogP contribution is 2.65. The molecule has 3 nitrogen and oxygen atoms in total. The van der Waals surface area contributed by atoms with E-state index in [1.807, 2.05) is 11.9 Å². The lowest BCUT2D eigenvalue weighted by Gasteiger charge is -2.47. The number of piperidine rings is 1. The smallest absolute Gasteiger partial charge is 0.222 e. The Balaban J connectivity index is 1.89. The van der Waals surface area contributed by atoms with Crippen LogP contribution in [0.25, 0.3) is 16.5 Å². The van der Waals surface area contributed by atoms with Crippen molar-refractivity contribution in [3.8, 4) is 0 Å². The van der Waals surface area contributed by atoms with Crippen molar-refractivity contribution in [3.63, 3.8) is 0 Å². The minimum atomic E-state index is 0.160. The van der Waals surface area contributed by atoms with Crippen LogP contribution in [0.3, 0.4) is 0 Å². The van der Waals surface area contributed by atoms with E-state index in [0.29, 0.717) is 12.3 Å². The van der Waals surface area contributed by atoms with Crippen molar-refractivity contribution in [1.82, 2.24) is 9.47 Å². The van der Waals surface area contributed by atoms with Crippen molar-refractivity contribution >= 4 is 22.4 Å². The van der Waals surface area contributed by atoms with Gasteiger partial charge in [-0.1, -0.05) is 24.3 Å². The van der Waals surface area contributed by atoms with E-state index in [0.717, 1.165) is 6.42 Å². The molecule has 1 saturated heterocycles. The van der Waals surface area contributed by atoms with Crippen molar-refractivity contribution in [2.24, 2.45) is 12.5 Å². The molecule has 2 heterocycles. The number of benzene rings is 1. The molecule has 3 heteroatoms. The van der Waals surface area contributed by atoms with Gasteiger partial charge < -0.3 is 9.47 Å². The Bertz CT molecular complexity index is 875. The zero-order valence-corrected chi connectivity index (χ0v) is 13.8. The van der Waals surface area contributed by atoms with Crippen molar-refractivity contribution in [1.29, 1.82) is 0 Å². The van der Waals surface area contributed by atoms with Crippen LogP contribution in [-0.2, 0) is 11.8 Å². The van der Waals surface area contributed by atoms with E-state index in [4.69, 9.17) is 0 Å². The second kappa shape index (κ2) is 4.28. The minimum Gasteiger partial charge on any atom is -0.345 e. The number of nitrogens with zero attached hydrogens (tertiary/aromatic N) is 2. The van der Waals surface area contributed by atoms with Crippen LogP contribution < -0.4 is 0 Å². The van der Waals surface area contributed by atoms with Crippen LogP contribution in [0.2, 0.25) is 0 Å². The number of carbonyl (C=O) groups excluding carboxylic acids is 1. The molecule has 0 saturated carbocycles. The van der Waals surface area contributed by atoms with Gasteiger partial charge in [0, 0.05) is 48.1 Å². The van der Waals surface area contributed by atoms with Crippen LogP contribution in [0.4, 0.5) is 0 Å². The summed E-state index contributed by atoms with van der Waals surface area (Å²) >= 11 is 0. The zero-order chi connectivity index (χ0) is 15.8. The first-order valence-corrected chi connectivity index (χ1v) is 8.69. The van der Waals surface area contributed by atoms with Crippen LogP contribution in [0.1, 0.15) is 49.4 Å². The fraction of sp³-hybridized carbons (Fsp3) is 0.450. The molecule has 1 aromatic heterocycles. The van der Waals surface area contributed by atoms with E-state index in [-0.39, 0.29) is 11.5 Å². The first-order chi connectivity index (χ1) is 11.1. The van der Waals surface area contributed by atoms with Gasteiger partial charge in [-0.15, -0.1) is 0 Å². The number of likely N-dealkylation sites (tertiary alicyclic amines) is 1. The Morgan fingerprint density at radius 3 is 2.87 bits per heavy atom. The summed E-state index contributed by atoms with van der Waals surface area (Å²) in [5.41, 5.74) is 5.75. The third kappa shape index (κ3) is 1.44. The molecule has 0 radical (unpaired) electrons. The highest BCUT2D eigenvalue weighted by Gasteiger charge is 2.57. The molecule has 1 amide bonds. The van der Waals surface area contributed by atoms with Crippen LogP contribution >= 0.6 is 0 Å². The van der Waals surface area contributed by atoms with Crippen LogP contribution in [0, 0.1) is 5.41 Å². The summed E-state index contributed by atoms with van der Waals surface area (Å²) in [5.74, 6) is 0.295. The molecule has 0 unspecified atom stereocenters. The number of rotatable bonds is 0. The van der Waals surface area contributed by atoms with Gasteiger partial charge in [0.2, 0.25) is 5.91 Å². The Morgan fingerprint density at radius 2 is 2.00 bits per heavy atom. The number of fused-ring (bicyclic) bond motifs is 5. The van der Waals surface area contributed by atoms with Gasteiger partial charge >= 0.3 is 0 Å². The number of hydrogen-bond donors (Lipinski definition) is 0. The van der Waals surface area contributed by atoms with Crippen molar-refractivity contribution in [2.75, 3.05) is 7.05 Å². The summed E-state index contributed by atoms with van der Waals surface area (Å²) in [6.45, 7) is 0. The van der Waals surface area contributed by atoms with Gasteiger partial charge in [-0.3, -0.25) is 4.79 Å². The van der Waals surface area contributed by atoms with Gasteiger partial charge in [0.25, 0.3) is 0 Å². The number of carbonyl (C=O) groups is 1. The van der Waals surface area contributed by atoms with Gasteiger partial charge in [0.15, 0.2) is 0 Å². The predicted molar refractivity (Wildman–Crippen MR) is 91.9 cm³/mol. The Hall–Kier alpha value is -2.03. The molecule has 118 valence electrons. The molecule has 23 heavy (non-hydrogen) atoms. The van der Waals surface area contributed by atoms with E-state index in [9.17, 15) is 4.79 Å². The number of allylic oxidation sites excluding steroid dienone is 1. The SMILES string of the molecule is CN1C(=O)CC[C@]23CCCC=C2c2c(n(C)c4ccccc24)[C@H]13. The summed E-state index contributed by atoms with van der Waals surface area (Å²) in [6.07, 6.45) is 7.80. The van der Waals surface area contributed by atoms with Gasteiger partial charge in [-0.25, -0.2) is 0 Å². The van der Waals surface area contributed by atoms with E-state index < -0.39 is 0 Å². The molecule has 5 rings (SSSR count). The Kier molecular flexibility index (Phi) is 2.50. The molecule has 2 atom stereocenters. The van der Waals surface area contributed by atoms with Gasteiger partial charge in [-0.05, 0) is 37.3 Å². The molecular formula is C20H22N2O. The molecular weight excluding hydrogens is 284 g/mol. The molecule has 1 spiro atoms. The number of para-hydroxylation sites is 1. The minimum absolute atomic E-state index is 0.160.